The number of fused-ring (bicyclic) bond motifs is 1. The number of aromatic nitrogens is 1. The van der Waals surface area contributed by atoms with Crippen molar-refractivity contribution in [3.8, 4) is 5.75 Å². The van der Waals surface area contributed by atoms with Gasteiger partial charge in [0.2, 0.25) is 9.84 Å². The molecule has 4 rings (SSSR count). The van der Waals surface area contributed by atoms with E-state index in [0.29, 0.717) is 23.3 Å². The summed E-state index contributed by atoms with van der Waals surface area (Å²) in [5.74, 6) is 0.0363. The van der Waals surface area contributed by atoms with Crippen LogP contribution in [0.15, 0.2) is 58.5 Å². The third-order valence-electron chi connectivity index (χ3n) is 4.90. The highest BCUT2D eigenvalue weighted by Crippen LogP contribution is 2.33. The number of nitrogens with one attached hydrogen (secondary N) is 1. The van der Waals surface area contributed by atoms with Crippen LogP contribution in [-0.2, 0) is 9.84 Å². The van der Waals surface area contributed by atoms with E-state index >= 15 is 0 Å². The summed E-state index contributed by atoms with van der Waals surface area (Å²) in [6, 6.07) is 10.4. The van der Waals surface area contributed by atoms with E-state index < -0.39 is 15.7 Å². The number of hydrogen-bond donors (Lipinski definition) is 1. The van der Waals surface area contributed by atoms with Crippen LogP contribution in [0.3, 0.4) is 0 Å². The van der Waals surface area contributed by atoms with Gasteiger partial charge in [-0.1, -0.05) is 18.2 Å². The lowest BCUT2D eigenvalue weighted by atomic mass is 10.2. The molecule has 2 heterocycles. The number of nitrogens with zero attached hydrogens (tertiary/aromatic N) is 1. The van der Waals surface area contributed by atoms with Crippen molar-refractivity contribution >= 4 is 20.7 Å². The van der Waals surface area contributed by atoms with Crippen LogP contribution in [0.5, 0.6) is 5.75 Å². The van der Waals surface area contributed by atoms with E-state index in [9.17, 15) is 12.8 Å². The van der Waals surface area contributed by atoms with E-state index in [-0.39, 0.29) is 9.79 Å². The van der Waals surface area contributed by atoms with Gasteiger partial charge in [-0.2, -0.15) is 0 Å². The Hall–Kier alpha value is -2.38. The van der Waals surface area contributed by atoms with Crippen molar-refractivity contribution in [3.63, 3.8) is 0 Å². The normalized spacial score (nSPS) is 15.4. The number of hydrogen-bond acceptors (Lipinski definition) is 4. The smallest absolute Gasteiger partial charge is 0.208 e. The van der Waals surface area contributed by atoms with Gasteiger partial charge < -0.3 is 9.72 Å². The summed E-state index contributed by atoms with van der Waals surface area (Å²) in [6.07, 6.45) is 3.90. The molecule has 5 nitrogen and oxygen atoms in total. The van der Waals surface area contributed by atoms with Crippen molar-refractivity contribution in [2.24, 2.45) is 0 Å². The van der Waals surface area contributed by atoms with Crippen molar-refractivity contribution < 1.29 is 17.5 Å². The van der Waals surface area contributed by atoms with Crippen LogP contribution >= 0.6 is 0 Å². The summed E-state index contributed by atoms with van der Waals surface area (Å²) in [5.41, 5.74) is 0.633. The van der Waals surface area contributed by atoms with Crippen LogP contribution in [-0.4, -0.2) is 44.5 Å². The number of ether oxygens (including phenoxy) is 1. The molecule has 3 aromatic rings. The molecule has 1 saturated heterocycles. The Kier molecular flexibility index (Phi) is 4.88. The second-order valence-corrected chi connectivity index (χ2v) is 8.61. The molecule has 1 aliphatic rings. The predicted molar refractivity (Wildman–Crippen MR) is 101 cm³/mol. The number of sulfone groups is 1. The average molecular weight is 388 g/mol. The zero-order valence-corrected chi connectivity index (χ0v) is 15.6. The fourth-order valence-electron chi connectivity index (χ4n) is 3.50. The molecule has 1 aromatic heterocycles. The maximum absolute atomic E-state index is 13.5. The summed E-state index contributed by atoms with van der Waals surface area (Å²) in [6.45, 7) is 3.60. The number of halogens is 1. The van der Waals surface area contributed by atoms with Crippen molar-refractivity contribution in [3.05, 3.63) is 54.5 Å². The molecule has 0 bridgehead atoms. The Balaban J connectivity index is 1.62. The molecule has 142 valence electrons. The maximum atomic E-state index is 13.5. The third kappa shape index (κ3) is 3.57. The fourth-order valence-corrected chi connectivity index (χ4v) is 4.95. The van der Waals surface area contributed by atoms with Gasteiger partial charge in [-0.3, -0.25) is 4.90 Å². The van der Waals surface area contributed by atoms with Crippen LogP contribution in [0.4, 0.5) is 4.39 Å². The lowest BCUT2D eigenvalue weighted by molar-refractivity contribution is 0.239. The molecule has 0 aliphatic carbocycles. The number of benzene rings is 2. The minimum Gasteiger partial charge on any atom is -0.490 e. The third-order valence-corrected chi connectivity index (χ3v) is 6.69. The highest BCUT2D eigenvalue weighted by molar-refractivity contribution is 7.91. The van der Waals surface area contributed by atoms with Gasteiger partial charge in [0, 0.05) is 18.1 Å². The maximum Gasteiger partial charge on any atom is 0.208 e. The first kappa shape index (κ1) is 18.0. The SMILES string of the molecule is O=S(=O)(c1cccc(F)c1)c1c[nH]c2c(OCCN3CCCC3)cccc12. The van der Waals surface area contributed by atoms with E-state index in [1.807, 2.05) is 6.07 Å². The molecule has 1 fully saturated rings. The summed E-state index contributed by atoms with van der Waals surface area (Å²) in [7, 11) is -3.83. The summed E-state index contributed by atoms with van der Waals surface area (Å²) in [5, 5.41) is 0.540. The summed E-state index contributed by atoms with van der Waals surface area (Å²) < 4.78 is 45.2. The van der Waals surface area contributed by atoms with Gasteiger partial charge in [-0.25, -0.2) is 12.8 Å². The van der Waals surface area contributed by atoms with Gasteiger partial charge in [0.1, 0.15) is 18.2 Å². The standard InChI is InChI=1S/C20H21FN2O3S/c21-15-5-3-6-16(13-15)27(24,25)19-14-22-20-17(19)7-4-8-18(20)26-12-11-23-9-1-2-10-23/h3-8,13-14,22H,1-2,9-12H2. The first-order valence-electron chi connectivity index (χ1n) is 9.01. The molecular formula is C20H21FN2O3S. The lowest BCUT2D eigenvalue weighted by Crippen LogP contribution is -2.25. The minimum atomic E-state index is -3.83. The van der Waals surface area contributed by atoms with E-state index in [1.54, 1.807) is 12.1 Å². The Morgan fingerprint density at radius 2 is 1.89 bits per heavy atom. The molecule has 0 atom stereocenters. The second-order valence-electron chi connectivity index (χ2n) is 6.69. The van der Waals surface area contributed by atoms with E-state index in [2.05, 4.69) is 9.88 Å². The van der Waals surface area contributed by atoms with Gasteiger partial charge in [0.15, 0.2) is 0 Å². The summed E-state index contributed by atoms with van der Waals surface area (Å²) >= 11 is 0. The number of likely N-dealkylation sites (tertiary alicyclic amines) is 1. The monoisotopic (exact) mass is 388 g/mol. The molecule has 2 aromatic carbocycles. The molecule has 0 saturated carbocycles. The van der Waals surface area contributed by atoms with E-state index in [0.717, 1.165) is 25.7 Å². The molecule has 7 heteroatoms. The number of aromatic amines is 1. The fraction of sp³-hybridized carbons (Fsp3) is 0.300. The zero-order chi connectivity index (χ0) is 18.9. The number of rotatable bonds is 6. The average Bonchev–Trinajstić information content (AvgIpc) is 3.32. The van der Waals surface area contributed by atoms with Crippen molar-refractivity contribution in [1.29, 1.82) is 0 Å². The Morgan fingerprint density at radius 1 is 1.11 bits per heavy atom. The van der Waals surface area contributed by atoms with Crippen molar-refractivity contribution in [1.82, 2.24) is 9.88 Å². The molecule has 0 amide bonds. The minimum absolute atomic E-state index is 0.0660. The first-order valence-corrected chi connectivity index (χ1v) is 10.5. The highest BCUT2D eigenvalue weighted by Gasteiger charge is 2.23. The van der Waals surface area contributed by atoms with Crippen molar-refractivity contribution in [2.75, 3.05) is 26.2 Å². The summed E-state index contributed by atoms with van der Waals surface area (Å²) in [4.78, 5) is 5.42. The predicted octanol–water partition coefficient (Wildman–Crippen LogP) is 3.61. The van der Waals surface area contributed by atoms with Gasteiger partial charge in [0.25, 0.3) is 0 Å². The molecular weight excluding hydrogens is 367 g/mol. The Labute approximate surface area is 157 Å². The van der Waals surface area contributed by atoms with Gasteiger partial charge in [-0.15, -0.1) is 0 Å². The van der Waals surface area contributed by atoms with Crippen molar-refractivity contribution in [2.45, 2.75) is 22.6 Å². The number of H-pyrrole nitrogens is 1. The van der Waals surface area contributed by atoms with Crippen LogP contribution in [0.25, 0.3) is 10.9 Å². The van der Waals surface area contributed by atoms with Crippen LogP contribution in [0.1, 0.15) is 12.8 Å². The van der Waals surface area contributed by atoms with Crippen LogP contribution < -0.4 is 4.74 Å². The largest absolute Gasteiger partial charge is 0.490 e. The molecule has 0 unspecified atom stereocenters. The van der Waals surface area contributed by atoms with Crippen LogP contribution in [0.2, 0.25) is 0 Å². The molecule has 27 heavy (non-hydrogen) atoms. The molecule has 1 N–H and O–H groups in total. The Bertz CT molecular complexity index is 1060. The van der Waals surface area contributed by atoms with Gasteiger partial charge in [0.05, 0.1) is 15.3 Å². The second kappa shape index (κ2) is 7.32. The topological polar surface area (TPSA) is 62.4 Å². The lowest BCUT2D eigenvalue weighted by Gasteiger charge is -2.15. The van der Waals surface area contributed by atoms with Crippen LogP contribution in [0, 0.1) is 5.82 Å². The zero-order valence-electron chi connectivity index (χ0n) is 14.8. The number of para-hydroxylation sites is 1. The van der Waals surface area contributed by atoms with Gasteiger partial charge in [-0.05, 0) is 50.2 Å². The first-order chi connectivity index (χ1) is 13.1. The molecule has 0 spiro atoms. The van der Waals surface area contributed by atoms with Gasteiger partial charge >= 0.3 is 0 Å². The van der Waals surface area contributed by atoms with E-state index in [4.69, 9.17) is 4.74 Å². The molecule has 1 aliphatic heterocycles. The highest BCUT2D eigenvalue weighted by atomic mass is 32.2. The quantitative estimate of drug-likeness (QED) is 0.701. The molecule has 0 radical (unpaired) electrons. The Morgan fingerprint density at radius 3 is 2.67 bits per heavy atom. The van der Waals surface area contributed by atoms with E-state index in [1.165, 1.54) is 37.2 Å².